The van der Waals surface area contributed by atoms with E-state index in [1.54, 1.807) is 29.2 Å². The van der Waals surface area contributed by atoms with Crippen LogP contribution in [-0.2, 0) is 9.59 Å². The van der Waals surface area contributed by atoms with Crippen molar-refractivity contribution in [3.05, 3.63) is 35.4 Å². The van der Waals surface area contributed by atoms with E-state index in [1.807, 2.05) is 13.8 Å². The molecule has 1 fully saturated rings. The summed E-state index contributed by atoms with van der Waals surface area (Å²) < 4.78 is 0. The molecule has 4 amide bonds. The Morgan fingerprint density at radius 2 is 1.61 bits per heavy atom. The number of hydrogen-bond donors (Lipinski definition) is 1. The van der Waals surface area contributed by atoms with Gasteiger partial charge in [-0.2, -0.15) is 0 Å². The van der Waals surface area contributed by atoms with E-state index in [4.69, 9.17) is 0 Å². The lowest BCUT2D eigenvalue weighted by Crippen LogP contribution is -2.49. The first kappa shape index (κ1) is 20.0. The van der Waals surface area contributed by atoms with Crippen molar-refractivity contribution in [2.75, 3.05) is 19.6 Å². The Morgan fingerprint density at radius 3 is 2.14 bits per heavy atom. The molecule has 7 nitrogen and oxygen atoms in total. The Morgan fingerprint density at radius 1 is 1.04 bits per heavy atom. The van der Waals surface area contributed by atoms with Crippen molar-refractivity contribution in [2.45, 2.75) is 45.6 Å². The molecule has 1 aromatic rings. The molecule has 1 N–H and O–H groups in total. The lowest BCUT2D eigenvalue weighted by molar-refractivity contribution is -0.136. The van der Waals surface area contributed by atoms with Gasteiger partial charge in [0, 0.05) is 26.1 Å². The van der Waals surface area contributed by atoms with Gasteiger partial charge in [0.25, 0.3) is 11.8 Å². The van der Waals surface area contributed by atoms with Crippen LogP contribution in [0, 0.1) is 5.92 Å². The van der Waals surface area contributed by atoms with Gasteiger partial charge in [0.05, 0.1) is 11.1 Å². The zero-order valence-corrected chi connectivity index (χ0v) is 16.4. The van der Waals surface area contributed by atoms with Gasteiger partial charge in [0.1, 0.15) is 6.04 Å². The summed E-state index contributed by atoms with van der Waals surface area (Å²) >= 11 is 0. The number of amides is 4. The van der Waals surface area contributed by atoms with Gasteiger partial charge in [-0.15, -0.1) is 0 Å². The number of nitrogens with zero attached hydrogens (tertiary/aromatic N) is 2. The normalized spacial score (nSPS) is 17.2. The molecule has 150 valence electrons. The van der Waals surface area contributed by atoms with Gasteiger partial charge in [-0.05, 0) is 37.3 Å². The fourth-order valence-electron chi connectivity index (χ4n) is 3.77. The third kappa shape index (κ3) is 4.24. The lowest BCUT2D eigenvalue weighted by Gasteiger charge is -2.25. The molecule has 0 aromatic heterocycles. The first-order valence-electron chi connectivity index (χ1n) is 9.92. The zero-order valence-electron chi connectivity index (χ0n) is 16.4. The van der Waals surface area contributed by atoms with Crippen molar-refractivity contribution in [1.29, 1.82) is 0 Å². The highest BCUT2D eigenvalue weighted by atomic mass is 16.2. The van der Waals surface area contributed by atoms with Crippen LogP contribution in [0.4, 0.5) is 0 Å². The summed E-state index contributed by atoms with van der Waals surface area (Å²) in [5.41, 5.74) is 0.740. The molecule has 1 atom stereocenters. The van der Waals surface area contributed by atoms with Crippen molar-refractivity contribution in [2.24, 2.45) is 5.92 Å². The molecule has 28 heavy (non-hydrogen) atoms. The smallest absolute Gasteiger partial charge is 0.261 e. The predicted molar refractivity (Wildman–Crippen MR) is 104 cm³/mol. The average Bonchev–Trinajstić information content (AvgIpc) is 3.28. The Balaban J connectivity index is 1.58. The second-order valence-corrected chi connectivity index (χ2v) is 7.84. The molecule has 1 aromatic carbocycles. The van der Waals surface area contributed by atoms with Gasteiger partial charge in [0.15, 0.2) is 0 Å². The van der Waals surface area contributed by atoms with Crippen LogP contribution in [-0.4, -0.2) is 59.1 Å². The van der Waals surface area contributed by atoms with Crippen LogP contribution >= 0.6 is 0 Å². The summed E-state index contributed by atoms with van der Waals surface area (Å²) in [6.07, 6.45) is 2.53. The maximum Gasteiger partial charge on any atom is 0.261 e. The van der Waals surface area contributed by atoms with Crippen LogP contribution in [0.3, 0.4) is 0 Å². The quantitative estimate of drug-likeness (QED) is 0.726. The van der Waals surface area contributed by atoms with Gasteiger partial charge in [-0.1, -0.05) is 26.0 Å². The van der Waals surface area contributed by atoms with Gasteiger partial charge in [0.2, 0.25) is 11.8 Å². The largest absolute Gasteiger partial charge is 0.344 e. The Labute approximate surface area is 165 Å². The topological polar surface area (TPSA) is 86.8 Å². The number of likely N-dealkylation sites (tertiary alicyclic amines) is 1. The summed E-state index contributed by atoms with van der Waals surface area (Å²) in [7, 11) is 0. The number of fused-ring (bicyclic) bond motifs is 1. The molecule has 2 aliphatic heterocycles. The van der Waals surface area contributed by atoms with Gasteiger partial charge in [-0.3, -0.25) is 24.1 Å². The maximum absolute atomic E-state index is 12.7. The monoisotopic (exact) mass is 385 g/mol. The molecule has 3 rings (SSSR count). The van der Waals surface area contributed by atoms with E-state index in [2.05, 4.69) is 5.32 Å². The maximum atomic E-state index is 12.7. The van der Waals surface area contributed by atoms with Crippen molar-refractivity contribution >= 4 is 23.6 Å². The van der Waals surface area contributed by atoms with Crippen molar-refractivity contribution in [1.82, 2.24) is 15.1 Å². The molecule has 0 spiro atoms. The summed E-state index contributed by atoms with van der Waals surface area (Å²) in [6, 6.07) is 6.08. The van der Waals surface area contributed by atoms with E-state index >= 15 is 0 Å². The molecular weight excluding hydrogens is 358 g/mol. The number of benzene rings is 1. The van der Waals surface area contributed by atoms with E-state index < -0.39 is 6.04 Å². The number of nitrogens with one attached hydrogen (secondary N) is 1. The molecule has 1 saturated heterocycles. The predicted octanol–water partition coefficient (Wildman–Crippen LogP) is 1.83. The molecule has 7 heteroatoms. The molecule has 0 radical (unpaired) electrons. The van der Waals surface area contributed by atoms with Gasteiger partial charge < -0.3 is 10.2 Å². The van der Waals surface area contributed by atoms with E-state index in [-0.39, 0.29) is 42.5 Å². The molecule has 0 unspecified atom stereocenters. The fourth-order valence-corrected chi connectivity index (χ4v) is 3.77. The van der Waals surface area contributed by atoms with E-state index in [0.29, 0.717) is 17.5 Å². The second-order valence-electron chi connectivity index (χ2n) is 7.84. The second kappa shape index (κ2) is 8.54. The summed E-state index contributed by atoms with van der Waals surface area (Å²) in [5.74, 6) is -0.858. The molecule has 0 bridgehead atoms. The van der Waals surface area contributed by atoms with Crippen LogP contribution in [0.5, 0.6) is 0 Å². The minimum absolute atomic E-state index is 0.00445. The number of hydrogen-bond acceptors (Lipinski definition) is 4. The van der Waals surface area contributed by atoms with E-state index in [1.165, 1.54) is 0 Å². The first-order chi connectivity index (χ1) is 13.4. The number of rotatable bonds is 7. The molecule has 0 saturated carbocycles. The van der Waals surface area contributed by atoms with Crippen LogP contribution in [0.2, 0.25) is 0 Å². The van der Waals surface area contributed by atoms with Crippen LogP contribution in [0.15, 0.2) is 24.3 Å². The molecular formula is C21H27N3O4. The van der Waals surface area contributed by atoms with Gasteiger partial charge in [-0.25, -0.2) is 0 Å². The lowest BCUT2D eigenvalue weighted by atomic mass is 10.0. The first-order valence-corrected chi connectivity index (χ1v) is 9.92. The Bertz CT molecular complexity index is 749. The van der Waals surface area contributed by atoms with E-state index in [9.17, 15) is 19.2 Å². The minimum atomic E-state index is -0.562. The number of carbonyl (C=O) groups excluding carboxylic acids is 4. The van der Waals surface area contributed by atoms with E-state index in [0.717, 1.165) is 30.8 Å². The highest BCUT2D eigenvalue weighted by molar-refractivity contribution is 6.21. The third-order valence-electron chi connectivity index (χ3n) is 5.20. The van der Waals surface area contributed by atoms with Crippen molar-refractivity contribution < 1.29 is 19.2 Å². The number of carbonyl (C=O) groups is 4. The summed E-state index contributed by atoms with van der Waals surface area (Å²) in [6.45, 7) is 5.49. The Hall–Kier alpha value is -2.70. The SMILES string of the molecule is CC(C)C[C@@H](NC(=O)CCN1C(=O)c2ccccc2C1=O)C(=O)N1CCCC1. The van der Waals surface area contributed by atoms with Crippen molar-refractivity contribution in [3.63, 3.8) is 0 Å². The summed E-state index contributed by atoms with van der Waals surface area (Å²) in [5, 5.41) is 2.82. The highest BCUT2D eigenvalue weighted by Gasteiger charge is 2.35. The minimum Gasteiger partial charge on any atom is -0.344 e. The molecule has 0 aliphatic carbocycles. The standard InChI is InChI=1S/C21H27N3O4/c1-14(2)13-17(21(28)23-10-5-6-11-23)22-18(25)9-12-24-19(26)15-7-3-4-8-16(15)20(24)27/h3-4,7-8,14,17H,5-6,9-13H2,1-2H3,(H,22,25)/t17-/m1/s1. The highest BCUT2D eigenvalue weighted by Crippen LogP contribution is 2.22. The zero-order chi connectivity index (χ0) is 20.3. The number of imide groups is 1. The fraction of sp³-hybridized carbons (Fsp3) is 0.524. The molecule has 2 heterocycles. The third-order valence-corrected chi connectivity index (χ3v) is 5.20. The van der Waals surface area contributed by atoms with Crippen LogP contribution < -0.4 is 5.32 Å². The van der Waals surface area contributed by atoms with Crippen molar-refractivity contribution in [3.8, 4) is 0 Å². The average molecular weight is 385 g/mol. The Kier molecular flexibility index (Phi) is 6.11. The van der Waals surface area contributed by atoms with Gasteiger partial charge >= 0.3 is 0 Å². The molecule has 2 aliphatic rings. The van der Waals surface area contributed by atoms with Crippen LogP contribution in [0.25, 0.3) is 0 Å². The van der Waals surface area contributed by atoms with Crippen LogP contribution in [0.1, 0.15) is 60.2 Å². The summed E-state index contributed by atoms with van der Waals surface area (Å²) in [4.78, 5) is 52.9.